The summed E-state index contributed by atoms with van der Waals surface area (Å²) in [5.41, 5.74) is 0.556. The number of ether oxygens (including phenoxy) is 1. The number of allylic oxidation sites excluding steroid dienone is 2. The summed E-state index contributed by atoms with van der Waals surface area (Å²) in [5.74, 6) is 0.205. The lowest BCUT2D eigenvalue weighted by Gasteiger charge is -1.98. The van der Waals surface area contributed by atoms with Crippen LogP contribution in [-0.2, 0) is 9.53 Å². The number of carbonyl (C=O) groups is 1. The van der Waals surface area contributed by atoms with E-state index in [1.165, 1.54) is 6.21 Å². The van der Waals surface area contributed by atoms with Crippen molar-refractivity contribution in [1.29, 1.82) is 5.41 Å². The van der Waals surface area contributed by atoms with Crippen molar-refractivity contribution in [2.45, 2.75) is 13.3 Å². The Kier molecular flexibility index (Phi) is 6.71. The number of hydrogen-bond donors (Lipinski definition) is 1. The minimum absolute atomic E-state index is 0.250. The summed E-state index contributed by atoms with van der Waals surface area (Å²) in [6, 6.07) is 1.71. The van der Waals surface area contributed by atoms with Gasteiger partial charge in [0.25, 0.3) is 0 Å². The highest BCUT2D eigenvalue weighted by molar-refractivity contribution is 6.11. The maximum atomic E-state index is 11.1. The van der Waals surface area contributed by atoms with E-state index < -0.39 is 0 Å². The highest BCUT2D eigenvalue weighted by Gasteiger charge is 2.00. The lowest BCUT2D eigenvalue weighted by molar-refractivity contribution is -0.142. The second-order valence-corrected chi connectivity index (χ2v) is 3.45. The van der Waals surface area contributed by atoms with E-state index in [1.54, 1.807) is 31.5 Å². The molecule has 19 heavy (non-hydrogen) atoms. The fourth-order valence-electron chi connectivity index (χ4n) is 1.23. The number of aliphatic imine (C=N–C) groups is 1. The number of nitrogens with one attached hydrogen (secondary N) is 1. The summed E-state index contributed by atoms with van der Waals surface area (Å²) in [4.78, 5) is 23.2. The standard InChI is InChI=1S/C13H16N4O2/c1-2-19-12(18)5-9-15-8-4-11(10-14)13-16-6-3-7-17-13/h3-4,6-8,10,14H,2,5,9H2,1H3/b11-4+,14-10?,15-8+. The van der Waals surface area contributed by atoms with E-state index in [4.69, 9.17) is 10.1 Å². The molecule has 1 rings (SSSR count). The van der Waals surface area contributed by atoms with Gasteiger partial charge in [-0.05, 0) is 19.1 Å². The molecule has 0 aliphatic rings. The van der Waals surface area contributed by atoms with Gasteiger partial charge < -0.3 is 10.1 Å². The van der Waals surface area contributed by atoms with Gasteiger partial charge in [-0.2, -0.15) is 0 Å². The SMILES string of the molecule is CCOC(=O)CC/N=C/C=C(\C=N)c1ncccn1. The van der Waals surface area contributed by atoms with Gasteiger partial charge in [-0.3, -0.25) is 9.79 Å². The molecule has 0 saturated carbocycles. The van der Waals surface area contributed by atoms with E-state index in [0.29, 0.717) is 24.5 Å². The van der Waals surface area contributed by atoms with Crippen molar-refractivity contribution >= 4 is 24.0 Å². The van der Waals surface area contributed by atoms with E-state index in [-0.39, 0.29) is 12.4 Å². The normalized spacial score (nSPS) is 11.5. The molecule has 0 atom stereocenters. The van der Waals surface area contributed by atoms with Crippen molar-refractivity contribution in [2.75, 3.05) is 13.2 Å². The molecular weight excluding hydrogens is 244 g/mol. The van der Waals surface area contributed by atoms with Crippen LogP contribution in [0.4, 0.5) is 0 Å². The largest absolute Gasteiger partial charge is 0.466 e. The van der Waals surface area contributed by atoms with Crippen molar-refractivity contribution in [3.63, 3.8) is 0 Å². The maximum absolute atomic E-state index is 11.1. The van der Waals surface area contributed by atoms with Crippen LogP contribution >= 0.6 is 0 Å². The predicted molar refractivity (Wildman–Crippen MR) is 73.4 cm³/mol. The molecule has 0 amide bonds. The zero-order chi connectivity index (χ0) is 13.9. The van der Waals surface area contributed by atoms with Crippen LogP contribution in [0.2, 0.25) is 0 Å². The smallest absolute Gasteiger partial charge is 0.307 e. The maximum Gasteiger partial charge on any atom is 0.307 e. The molecule has 100 valence electrons. The second kappa shape index (κ2) is 8.68. The van der Waals surface area contributed by atoms with Gasteiger partial charge in [-0.15, -0.1) is 0 Å². The Labute approximate surface area is 111 Å². The highest BCUT2D eigenvalue weighted by Crippen LogP contribution is 2.03. The van der Waals surface area contributed by atoms with Gasteiger partial charge in [0.15, 0.2) is 5.82 Å². The summed E-state index contributed by atoms with van der Waals surface area (Å²) in [6.45, 7) is 2.50. The van der Waals surface area contributed by atoms with E-state index in [9.17, 15) is 4.79 Å². The van der Waals surface area contributed by atoms with Crippen LogP contribution < -0.4 is 0 Å². The Bertz CT molecular complexity index is 469. The van der Waals surface area contributed by atoms with E-state index >= 15 is 0 Å². The predicted octanol–water partition coefficient (Wildman–Crippen LogP) is 1.53. The molecule has 1 N–H and O–H groups in total. The Morgan fingerprint density at radius 1 is 1.47 bits per heavy atom. The second-order valence-electron chi connectivity index (χ2n) is 3.45. The van der Waals surface area contributed by atoms with Crippen LogP contribution in [0.3, 0.4) is 0 Å². The van der Waals surface area contributed by atoms with Crippen LogP contribution in [0.25, 0.3) is 5.57 Å². The molecule has 6 nitrogen and oxygen atoms in total. The number of carbonyl (C=O) groups excluding carboxylic acids is 1. The number of nitrogens with zero attached hydrogens (tertiary/aromatic N) is 3. The van der Waals surface area contributed by atoms with Crippen LogP contribution in [0.5, 0.6) is 0 Å². The fraction of sp³-hybridized carbons (Fsp3) is 0.308. The average Bonchev–Trinajstić information content (AvgIpc) is 2.44. The van der Waals surface area contributed by atoms with Crippen LogP contribution in [-0.4, -0.2) is 41.5 Å². The number of aromatic nitrogens is 2. The zero-order valence-corrected chi connectivity index (χ0v) is 10.7. The number of hydrogen-bond acceptors (Lipinski definition) is 6. The molecular formula is C13H16N4O2. The summed E-state index contributed by atoms with van der Waals surface area (Å²) < 4.78 is 4.78. The van der Waals surface area contributed by atoms with E-state index in [0.717, 1.165) is 6.21 Å². The summed E-state index contributed by atoms with van der Waals surface area (Å²) >= 11 is 0. The van der Waals surface area contributed by atoms with Gasteiger partial charge in [-0.1, -0.05) is 0 Å². The molecule has 0 radical (unpaired) electrons. The van der Waals surface area contributed by atoms with Gasteiger partial charge in [0.1, 0.15) is 0 Å². The molecule has 1 aromatic rings. The minimum Gasteiger partial charge on any atom is -0.466 e. The molecule has 0 unspecified atom stereocenters. The van der Waals surface area contributed by atoms with E-state index in [1.807, 2.05) is 0 Å². The highest BCUT2D eigenvalue weighted by atomic mass is 16.5. The zero-order valence-electron chi connectivity index (χ0n) is 10.7. The fourth-order valence-corrected chi connectivity index (χ4v) is 1.23. The van der Waals surface area contributed by atoms with Crippen LogP contribution in [0.15, 0.2) is 29.5 Å². The lowest BCUT2D eigenvalue weighted by Crippen LogP contribution is -2.05. The summed E-state index contributed by atoms with van der Waals surface area (Å²) in [6.07, 6.45) is 7.80. The molecule has 6 heteroatoms. The third kappa shape index (κ3) is 5.67. The first-order chi connectivity index (χ1) is 9.27. The first kappa shape index (κ1) is 14.7. The first-order valence-electron chi connectivity index (χ1n) is 5.91. The molecule has 1 aromatic heterocycles. The molecule has 0 aromatic carbocycles. The first-order valence-corrected chi connectivity index (χ1v) is 5.91. The Morgan fingerprint density at radius 2 is 2.21 bits per heavy atom. The van der Waals surface area contributed by atoms with Crippen LogP contribution in [0.1, 0.15) is 19.2 Å². The monoisotopic (exact) mass is 260 g/mol. The van der Waals surface area contributed by atoms with E-state index in [2.05, 4.69) is 15.0 Å². The van der Waals surface area contributed by atoms with Gasteiger partial charge in [-0.25, -0.2) is 9.97 Å². The summed E-state index contributed by atoms with van der Waals surface area (Å²) in [5, 5.41) is 7.29. The third-order valence-electron chi connectivity index (χ3n) is 2.09. The average molecular weight is 260 g/mol. The van der Waals surface area contributed by atoms with Crippen molar-refractivity contribution in [3.8, 4) is 0 Å². The molecule has 0 saturated heterocycles. The summed E-state index contributed by atoms with van der Waals surface area (Å²) in [7, 11) is 0. The van der Waals surface area contributed by atoms with Gasteiger partial charge >= 0.3 is 5.97 Å². The number of rotatable bonds is 7. The van der Waals surface area contributed by atoms with Crippen LogP contribution in [0, 0.1) is 5.41 Å². The van der Waals surface area contributed by atoms with Crippen molar-refractivity contribution < 1.29 is 9.53 Å². The van der Waals surface area contributed by atoms with Crippen molar-refractivity contribution in [2.24, 2.45) is 4.99 Å². The molecule has 1 heterocycles. The Hall–Kier alpha value is -2.37. The number of esters is 1. The quantitative estimate of drug-likeness (QED) is 0.595. The molecule has 0 bridgehead atoms. The van der Waals surface area contributed by atoms with Gasteiger partial charge in [0, 0.05) is 36.9 Å². The molecule has 0 aliphatic carbocycles. The molecule has 0 spiro atoms. The lowest BCUT2D eigenvalue weighted by atomic mass is 10.2. The molecule has 0 aliphatic heterocycles. The third-order valence-corrected chi connectivity index (χ3v) is 2.09. The Morgan fingerprint density at radius 3 is 2.84 bits per heavy atom. The van der Waals surface area contributed by atoms with Gasteiger partial charge in [0.2, 0.25) is 0 Å². The topological polar surface area (TPSA) is 88.3 Å². The minimum atomic E-state index is -0.262. The van der Waals surface area contributed by atoms with Crippen molar-refractivity contribution in [3.05, 3.63) is 30.4 Å². The Balaban J connectivity index is 2.50. The van der Waals surface area contributed by atoms with Crippen molar-refractivity contribution in [1.82, 2.24) is 9.97 Å². The molecule has 0 fully saturated rings. The van der Waals surface area contributed by atoms with Gasteiger partial charge in [0.05, 0.1) is 13.0 Å².